The second-order valence-corrected chi connectivity index (χ2v) is 6.74. The summed E-state index contributed by atoms with van der Waals surface area (Å²) in [7, 11) is -3.47. The lowest BCUT2D eigenvalue weighted by Crippen LogP contribution is -2.22. The van der Waals surface area contributed by atoms with Crippen LogP contribution >= 0.6 is 0 Å². The molecule has 1 rings (SSSR count). The molecular weight excluding hydrogens is 288 g/mol. The molecule has 0 fully saturated rings. The van der Waals surface area contributed by atoms with Crippen LogP contribution < -0.4 is 10.5 Å². The van der Waals surface area contributed by atoms with Gasteiger partial charge in [0.15, 0.2) is 0 Å². The Morgan fingerprint density at radius 1 is 1.38 bits per heavy atom. The quantitative estimate of drug-likeness (QED) is 0.780. The molecule has 0 aliphatic rings. The molecule has 5 nitrogen and oxygen atoms in total. The molecule has 116 valence electrons. The van der Waals surface area contributed by atoms with E-state index in [1.165, 1.54) is 0 Å². The van der Waals surface area contributed by atoms with E-state index in [-0.39, 0.29) is 25.0 Å². The van der Waals surface area contributed by atoms with E-state index in [1.807, 2.05) is 26.8 Å². The number of benzene rings is 1. The molecule has 0 radical (unpaired) electrons. The zero-order valence-corrected chi connectivity index (χ0v) is 13.5. The maximum atomic E-state index is 12.1. The van der Waals surface area contributed by atoms with Crippen molar-refractivity contribution in [2.45, 2.75) is 26.9 Å². The molecular formula is C15H22N2O3S. The summed E-state index contributed by atoms with van der Waals surface area (Å²) in [6, 6.07) is 5.40. The van der Waals surface area contributed by atoms with E-state index in [1.54, 1.807) is 12.1 Å². The first-order valence-electron chi connectivity index (χ1n) is 6.76. The third-order valence-corrected chi connectivity index (χ3v) is 3.80. The van der Waals surface area contributed by atoms with Crippen molar-refractivity contribution in [1.82, 2.24) is 0 Å². The van der Waals surface area contributed by atoms with Crippen LogP contribution in [0.25, 0.3) is 0 Å². The van der Waals surface area contributed by atoms with E-state index in [0.29, 0.717) is 11.3 Å². The second-order valence-electron chi connectivity index (χ2n) is 4.90. The SMILES string of the molecule is Cc1ccc(C#CCN)c(NS(=O)(=O)CCOC(C)C)c1. The Balaban J connectivity index is 2.87. The molecule has 0 aliphatic carbocycles. The van der Waals surface area contributed by atoms with Gasteiger partial charge in [-0.15, -0.1) is 0 Å². The smallest absolute Gasteiger partial charge is 0.235 e. The Morgan fingerprint density at radius 2 is 2.10 bits per heavy atom. The number of hydrogen-bond donors (Lipinski definition) is 2. The molecule has 6 heteroatoms. The van der Waals surface area contributed by atoms with Gasteiger partial charge >= 0.3 is 0 Å². The summed E-state index contributed by atoms with van der Waals surface area (Å²) in [6.07, 6.45) is 0.00477. The number of nitrogens with two attached hydrogens (primary N) is 1. The van der Waals surface area contributed by atoms with Crippen LogP contribution in [0.5, 0.6) is 0 Å². The van der Waals surface area contributed by atoms with Gasteiger partial charge in [-0.25, -0.2) is 8.42 Å². The van der Waals surface area contributed by atoms with Crippen molar-refractivity contribution < 1.29 is 13.2 Å². The fourth-order valence-electron chi connectivity index (χ4n) is 1.61. The van der Waals surface area contributed by atoms with Crippen LogP contribution in [0.4, 0.5) is 5.69 Å². The van der Waals surface area contributed by atoms with Gasteiger partial charge in [-0.1, -0.05) is 17.9 Å². The molecule has 0 spiro atoms. The number of aryl methyl sites for hydroxylation is 1. The minimum Gasteiger partial charge on any atom is -0.378 e. The predicted octanol–water partition coefficient (Wildman–Crippen LogP) is 1.47. The molecule has 0 saturated carbocycles. The van der Waals surface area contributed by atoms with Crippen molar-refractivity contribution in [3.8, 4) is 11.8 Å². The van der Waals surface area contributed by atoms with E-state index in [4.69, 9.17) is 10.5 Å². The summed E-state index contributed by atoms with van der Waals surface area (Å²) in [5, 5.41) is 0. The van der Waals surface area contributed by atoms with Crippen LogP contribution in [0, 0.1) is 18.8 Å². The lowest BCUT2D eigenvalue weighted by atomic mass is 10.1. The van der Waals surface area contributed by atoms with E-state index >= 15 is 0 Å². The lowest BCUT2D eigenvalue weighted by Gasteiger charge is -2.12. The molecule has 0 unspecified atom stereocenters. The van der Waals surface area contributed by atoms with Gasteiger partial charge in [-0.2, -0.15) is 0 Å². The summed E-state index contributed by atoms with van der Waals surface area (Å²) < 4.78 is 31.9. The largest absolute Gasteiger partial charge is 0.378 e. The Bertz CT molecular complexity index is 628. The normalized spacial score (nSPS) is 11.1. The van der Waals surface area contributed by atoms with E-state index in [0.717, 1.165) is 5.56 Å². The third-order valence-electron chi connectivity index (χ3n) is 2.57. The number of hydrogen-bond acceptors (Lipinski definition) is 4. The number of anilines is 1. The van der Waals surface area contributed by atoms with Crippen LogP contribution in [-0.2, 0) is 14.8 Å². The van der Waals surface area contributed by atoms with Crippen LogP contribution in [-0.4, -0.2) is 33.4 Å². The number of rotatable bonds is 6. The topological polar surface area (TPSA) is 81.4 Å². The molecule has 3 N–H and O–H groups in total. The highest BCUT2D eigenvalue weighted by molar-refractivity contribution is 7.92. The first-order chi connectivity index (χ1) is 9.84. The Hall–Kier alpha value is -1.55. The van der Waals surface area contributed by atoms with Gasteiger partial charge in [0.1, 0.15) is 0 Å². The maximum absolute atomic E-state index is 12.1. The molecule has 0 aliphatic heterocycles. The van der Waals surface area contributed by atoms with Crippen LogP contribution in [0.2, 0.25) is 0 Å². The third kappa shape index (κ3) is 6.63. The minimum absolute atomic E-state index is 0.00477. The van der Waals surface area contributed by atoms with Crippen molar-refractivity contribution in [3.05, 3.63) is 29.3 Å². The predicted molar refractivity (Wildman–Crippen MR) is 85.6 cm³/mol. The molecule has 0 bridgehead atoms. The van der Waals surface area contributed by atoms with Crippen molar-refractivity contribution in [2.75, 3.05) is 23.6 Å². The molecule has 1 aromatic carbocycles. The van der Waals surface area contributed by atoms with Crippen molar-refractivity contribution in [3.63, 3.8) is 0 Å². The van der Waals surface area contributed by atoms with E-state index < -0.39 is 10.0 Å². The molecule has 0 atom stereocenters. The summed E-state index contributed by atoms with van der Waals surface area (Å²) in [5.74, 6) is 5.50. The van der Waals surface area contributed by atoms with Crippen molar-refractivity contribution in [1.29, 1.82) is 0 Å². The number of sulfonamides is 1. The highest BCUT2D eigenvalue weighted by Crippen LogP contribution is 2.18. The van der Waals surface area contributed by atoms with Gasteiger partial charge in [-0.05, 0) is 38.5 Å². The lowest BCUT2D eigenvalue weighted by molar-refractivity contribution is 0.0913. The molecule has 0 aromatic heterocycles. The van der Waals surface area contributed by atoms with Gasteiger partial charge in [-0.3, -0.25) is 4.72 Å². The van der Waals surface area contributed by atoms with E-state index in [2.05, 4.69) is 16.6 Å². The fraction of sp³-hybridized carbons (Fsp3) is 0.467. The fourth-order valence-corrected chi connectivity index (χ4v) is 2.53. The monoisotopic (exact) mass is 310 g/mol. The van der Waals surface area contributed by atoms with Crippen LogP contribution in [0.15, 0.2) is 18.2 Å². The summed E-state index contributed by atoms with van der Waals surface area (Å²) >= 11 is 0. The van der Waals surface area contributed by atoms with Gasteiger partial charge in [0.05, 0.1) is 30.7 Å². The summed E-state index contributed by atoms with van der Waals surface area (Å²) in [4.78, 5) is 0. The van der Waals surface area contributed by atoms with Gasteiger partial charge in [0.2, 0.25) is 10.0 Å². The zero-order valence-electron chi connectivity index (χ0n) is 12.6. The van der Waals surface area contributed by atoms with Crippen molar-refractivity contribution in [2.24, 2.45) is 5.73 Å². The summed E-state index contributed by atoms with van der Waals surface area (Å²) in [6.45, 7) is 5.99. The Kier molecular flexibility index (Phi) is 6.69. The molecule has 0 heterocycles. The molecule has 0 amide bonds. The highest BCUT2D eigenvalue weighted by Gasteiger charge is 2.13. The summed E-state index contributed by atoms with van der Waals surface area (Å²) in [5.41, 5.74) is 7.38. The molecule has 21 heavy (non-hydrogen) atoms. The second kappa shape index (κ2) is 8.03. The highest BCUT2D eigenvalue weighted by atomic mass is 32.2. The van der Waals surface area contributed by atoms with Crippen LogP contribution in [0.3, 0.4) is 0 Å². The average molecular weight is 310 g/mol. The number of ether oxygens (including phenoxy) is 1. The van der Waals surface area contributed by atoms with E-state index in [9.17, 15) is 8.42 Å². The maximum Gasteiger partial charge on any atom is 0.235 e. The first kappa shape index (κ1) is 17.5. The first-order valence-corrected chi connectivity index (χ1v) is 8.41. The Labute approximate surface area is 126 Å². The van der Waals surface area contributed by atoms with Gasteiger partial charge in [0.25, 0.3) is 0 Å². The van der Waals surface area contributed by atoms with Crippen LogP contribution in [0.1, 0.15) is 25.0 Å². The average Bonchev–Trinajstić information content (AvgIpc) is 2.36. The molecule has 0 saturated heterocycles. The minimum atomic E-state index is -3.47. The van der Waals surface area contributed by atoms with Crippen molar-refractivity contribution >= 4 is 15.7 Å². The Morgan fingerprint density at radius 3 is 2.71 bits per heavy atom. The van der Waals surface area contributed by atoms with Gasteiger partial charge in [0, 0.05) is 5.56 Å². The standard InChI is InChI=1S/C15H22N2O3S/c1-12(2)20-9-10-21(18,19)17-15-11-13(3)6-7-14(15)5-4-8-16/h6-7,11-12,17H,8-10,16H2,1-3H3. The zero-order chi connectivity index (χ0) is 15.9. The number of nitrogens with one attached hydrogen (secondary N) is 1. The molecule has 1 aromatic rings. The van der Waals surface area contributed by atoms with Gasteiger partial charge < -0.3 is 10.5 Å².